The highest BCUT2D eigenvalue weighted by molar-refractivity contribution is 7.01. The first-order valence-corrected chi connectivity index (χ1v) is 25.2. The van der Waals surface area contributed by atoms with Crippen molar-refractivity contribution in [2.75, 3.05) is 4.90 Å². The molecular formula is C60H65BN2. The predicted octanol–water partition coefficient (Wildman–Crippen LogP) is 13.1. The third-order valence-electron chi connectivity index (χ3n) is 20.0. The summed E-state index contributed by atoms with van der Waals surface area (Å²) in [4.78, 5) is 2.93. The van der Waals surface area contributed by atoms with Gasteiger partial charge in [0, 0.05) is 21.9 Å². The van der Waals surface area contributed by atoms with Gasteiger partial charge in [0.15, 0.2) is 0 Å². The van der Waals surface area contributed by atoms with Gasteiger partial charge in [-0.1, -0.05) is 143 Å². The zero-order valence-electron chi connectivity index (χ0n) is 40.0. The van der Waals surface area contributed by atoms with Crippen LogP contribution in [0.15, 0.2) is 66.7 Å². The molecular weight excluding hydrogens is 759 g/mol. The van der Waals surface area contributed by atoms with Crippen molar-refractivity contribution < 1.29 is 0 Å². The second-order valence-corrected chi connectivity index (χ2v) is 27.0. The minimum atomic E-state index is -0.0122. The zero-order chi connectivity index (χ0) is 43.1. The minimum absolute atomic E-state index is 0.00620. The van der Waals surface area contributed by atoms with Crippen LogP contribution in [-0.2, 0) is 27.1 Å². The molecule has 0 amide bonds. The third-order valence-corrected chi connectivity index (χ3v) is 20.0. The summed E-state index contributed by atoms with van der Waals surface area (Å²) in [6.07, 6.45) is 7.40. The molecule has 7 saturated carbocycles. The van der Waals surface area contributed by atoms with E-state index in [1.165, 1.54) is 97.7 Å². The molecule has 3 heteroatoms. The summed E-state index contributed by atoms with van der Waals surface area (Å²) in [6, 6.07) is 28.8. The Morgan fingerprint density at radius 2 is 1.19 bits per heavy atom. The first-order chi connectivity index (χ1) is 29.8. The normalized spacial score (nSPS) is 30.5. The lowest BCUT2D eigenvalue weighted by Crippen LogP contribution is -2.71. The highest BCUT2D eigenvalue weighted by atomic mass is 15.2. The molecule has 11 aliphatic rings. The van der Waals surface area contributed by atoms with E-state index < -0.39 is 0 Å². The Balaban J connectivity index is 1.15. The molecule has 2 nitrogen and oxygen atoms in total. The fourth-order valence-corrected chi connectivity index (χ4v) is 17.9. The standard InChI is InChI=1S/C60H65BN2/c1-56(2,3)30-25-42(58(7,8)9)48-33-16-18-40-53-51(33)61(45(48)27-30)44-14-13-15-46-55(44)63(53)54-41(60(40)32-23-36-35-20-29-21-38(36)50(60)39(22-29)37(35)24-32)19-17-34-49-43(59(10,11)12)26-31(57(4,5)6)28-47(49)62(46)52(34)54/h13-19,25-29,32,35-39,50H,20-24H2,1-12H3. The van der Waals surface area contributed by atoms with Gasteiger partial charge in [0.1, 0.15) is 0 Å². The van der Waals surface area contributed by atoms with E-state index in [0.717, 1.165) is 41.4 Å². The monoisotopic (exact) mass is 825 g/mol. The van der Waals surface area contributed by atoms with E-state index in [2.05, 4.69) is 159 Å². The highest BCUT2D eigenvalue weighted by Gasteiger charge is 2.74. The number of benzene rings is 5. The Morgan fingerprint density at radius 3 is 1.87 bits per heavy atom. The first-order valence-electron chi connectivity index (χ1n) is 25.2. The van der Waals surface area contributed by atoms with Crippen LogP contribution in [0.3, 0.4) is 0 Å². The van der Waals surface area contributed by atoms with Gasteiger partial charge in [0.25, 0.3) is 0 Å². The van der Waals surface area contributed by atoms with Crippen LogP contribution in [0.4, 0.5) is 17.1 Å². The third kappa shape index (κ3) is 4.01. The molecule has 5 heterocycles. The first kappa shape index (κ1) is 37.0. The van der Waals surface area contributed by atoms with E-state index in [9.17, 15) is 0 Å². The summed E-state index contributed by atoms with van der Waals surface area (Å²) in [5.41, 5.74) is 26.0. The van der Waals surface area contributed by atoms with Gasteiger partial charge in [-0.3, -0.25) is 0 Å². The molecule has 0 radical (unpaired) electrons. The van der Waals surface area contributed by atoms with Crippen LogP contribution < -0.4 is 21.3 Å². The molecule has 0 saturated heterocycles. The molecule has 5 aromatic carbocycles. The van der Waals surface area contributed by atoms with Crippen molar-refractivity contribution in [1.82, 2.24) is 4.57 Å². The summed E-state index contributed by atoms with van der Waals surface area (Å²) < 4.78 is 2.82. The zero-order valence-corrected chi connectivity index (χ0v) is 40.0. The van der Waals surface area contributed by atoms with Crippen LogP contribution in [0.1, 0.15) is 149 Å². The Bertz CT molecular complexity index is 3140. The van der Waals surface area contributed by atoms with Crippen molar-refractivity contribution in [3.8, 4) is 16.8 Å². The maximum absolute atomic E-state index is 2.93. The van der Waals surface area contributed by atoms with Gasteiger partial charge in [-0.15, -0.1) is 0 Å². The van der Waals surface area contributed by atoms with E-state index in [1.807, 2.05) is 0 Å². The Morgan fingerprint density at radius 1 is 0.571 bits per heavy atom. The Hall–Kier alpha value is -4.24. The van der Waals surface area contributed by atoms with Crippen LogP contribution in [0, 0.1) is 47.3 Å². The highest BCUT2D eigenvalue weighted by Crippen LogP contribution is 2.79. The quantitative estimate of drug-likeness (QED) is 0.138. The topological polar surface area (TPSA) is 8.17 Å². The molecule has 8 bridgehead atoms. The number of fused-ring (bicyclic) bond motifs is 8. The average Bonchev–Trinajstić information content (AvgIpc) is 3.74. The minimum Gasteiger partial charge on any atom is -0.307 e. The average molecular weight is 825 g/mol. The number of nitrogens with zero attached hydrogens (tertiary/aromatic N) is 2. The number of aromatic nitrogens is 1. The number of rotatable bonds is 0. The molecule has 5 atom stereocenters. The van der Waals surface area contributed by atoms with Gasteiger partial charge in [0.2, 0.25) is 6.71 Å². The molecule has 0 N–H and O–H groups in total. The molecule has 5 unspecified atom stereocenters. The second-order valence-electron chi connectivity index (χ2n) is 27.0. The molecule has 1 spiro atoms. The van der Waals surface area contributed by atoms with Crippen molar-refractivity contribution in [3.63, 3.8) is 0 Å². The molecule has 4 aliphatic heterocycles. The van der Waals surface area contributed by atoms with Crippen molar-refractivity contribution >= 4 is 62.0 Å². The van der Waals surface area contributed by atoms with E-state index in [-0.39, 0.29) is 33.8 Å². The van der Waals surface area contributed by atoms with Crippen molar-refractivity contribution in [1.29, 1.82) is 0 Å². The summed E-state index contributed by atoms with van der Waals surface area (Å²) in [5.74, 6) is 7.06. The maximum Gasteiger partial charge on any atom is 0.248 e. The van der Waals surface area contributed by atoms with Gasteiger partial charge < -0.3 is 9.47 Å². The van der Waals surface area contributed by atoms with Crippen LogP contribution in [-0.4, -0.2) is 11.3 Å². The number of anilines is 3. The van der Waals surface area contributed by atoms with Gasteiger partial charge >= 0.3 is 0 Å². The number of hydrogen-bond donors (Lipinski definition) is 0. The van der Waals surface area contributed by atoms with Crippen molar-refractivity contribution in [2.24, 2.45) is 47.3 Å². The Labute approximate surface area is 376 Å². The summed E-state index contributed by atoms with van der Waals surface area (Å²) >= 11 is 0. The molecule has 17 rings (SSSR count). The molecule has 6 aromatic rings. The number of para-hydroxylation sites is 1. The summed E-state index contributed by atoms with van der Waals surface area (Å²) in [7, 11) is 0. The molecule has 7 fully saturated rings. The van der Waals surface area contributed by atoms with Crippen molar-refractivity contribution in [3.05, 3.63) is 100 Å². The fourth-order valence-electron chi connectivity index (χ4n) is 17.9. The van der Waals surface area contributed by atoms with Gasteiger partial charge in [-0.25, -0.2) is 0 Å². The SMILES string of the molecule is CC(C)(C)c1cc2c(c(C(C)(C)C)c1)-c1ccc3c4c1B2c1cccc2c1N4c1c(ccc4c5c(C(C)(C)C)cc(C(C)(C)C)cc5n-2c14)C31C2CC3C4CC5CC3C1C(C5)C4C2. The van der Waals surface area contributed by atoms with Crippen LogP contribution in [0.25, 0.3) is 38.6 Å². The largest absolute Gasteiger partial charge is 0.307 e. The molecule has 7 aliphatic carbocycles. The van der Waals surface area contributed by atoms with Gasteiger partial charge in [-0.2, -0.15) is 0 Å². The Kier molecular flexibility index (Phi) is 6.30. The van der Waals surface area contributed by atoms with Crippen LogP contribution in [0.2, 0.25) is 0 Å². The smallest absolute Gasteiger partial charge is 0.248 e. The van der Waals surface area contributed by atoms with Gasteiger partial charge in [-0.05, 0) is 169 Å². The van der Waals surface area contributed by atoms with Crippen molar-refractivity contribution in [2.45, 2.75) is 142 Å². The molecule has 1 aromatic heterocycles. The van der Waals surface area contributed by atoms with E-state index in [0.29, 0.717) is 5.92 Å². The maximum atomic E-state index is 2.93. The second kappa shape index (κ2) is 10.7. The van der Waals surface area contributed by atoms with Crippen LogP contribution >= 0.6 is 0 Å². The fraction of sp³-hybridized carbons (Fsp3) is 0.500. The predicted molar refractivity (Wildman–Crippen MR) is 266 cm³/mol. The molecule has 63 heavy (non-hydrogen) atoms. The van der Waals surface area contributed by atoms with Crippen LogP contribution in [0.5, 0.6) is 0 Å². The summed E-state index contributed by atoms with van der Waals surface area (Å²) in [5, 5.41) is 2.93. The van der Waals surface area contributed by atoms with Gasteiger partial charge in [0.05, 0.1) is 28.1 Å². The lowest BCUT2D eigenvalue weighted by molar-refractivity contribution is -0.232. The molecule has 318 valence electrons. The van der Waals surface area contributed by atoms with E-state index in [4.69, 9.17) is 0 Å². The van der Waals surface area contributed by atoms with E-state index >= 15 is 0 Å². The van der Waals surface area contributed by atoms with E-state index in [1.54, 1.807) is 39.8 Å². The lowest BCUT2D eigenvalue weighted by Gasteiger charge is -2.76. The number of hydrogen-bond acceptors (Lipinski definition) is 1. The summed E-state index contributed by atoms with van der Waals surface area (Å²) in [6.45, 7) is 29.4. The lowest BCUT2D eigenvalue weighted by atomic mass is 9.28.